The Morgan fingerprint density at radius 3 is 2.51 bits per heavy atom. The maximum atomic E-state index is 14.3. The molecule has 2 heterocycles. The van der Waals surface area contributed by atoms with E-state index in [1.165, 1.54) is 24.3 Å². The van der Waals surface area contributed by atoms with Gasteiger partial charge in [0.1, 0.15) is 12.1 Å². The Bertz CT molecular complexity index is 1110. The molecule has 2 N–H and O–H groups in total. The number of halogens is 2. The van der Waals surface area contributed by atoms with E-state index in [-0.39, 0.29) is 23.8 Å². The van der Waals surface area contributed by atoms with E-state index in [1.54, 1.807) is 30.6 Å². The van der Waals surface area contributed by atoms with Gasteiger partial charge in [-0.05, 0) is 36.1 Å². The minimum absolute atomic E-state index is 0.00129. The lowest BCUT2D eigenvalue weighted by Gasteiger charge is -2.38. The number of amides is 2. The molecule has 11 heteroatoms. The second kappa shape index (κ2) is 11.2. The number of piperidine rings is 1. The second-order valence-electron chi connectivity index (χ2n) is 9.02. The lowest BCUT2D eigenvalue weighted by Crippen LogP contribution is -2.59. The van der Waals surface area contributed by atoms with Crippen molar-refractivity contribution in [2.45, 2.75) is 62.6 Å². The Hall–Kier alpha value is -2.92. The van der Waals surface area contributed by atoms with Crippen molar-refractivity contribution < 1.29 is 26.8 Å². The fraction of sp³-hybridized carbons (Fsp3) is 0.458. The number of alkyl halides is 2. The first-order chi connectivity index (χ1) is 16.5. The zero-order chi connectivity index (χ0) is 25.6. The highest BCUT2D eigenvalue weighted by Crippen LogP contribution is 2.35. The van der Waals surface area contributed by atoms with E-state index in [1.807, 2.05) is 13.8 Å². The number of nitrogens with zero attached hydrogens (tertiary/aromatic N) is 2. The van der Waals surface area contributed by atoms with E-state index in [2.05, 4.69) is 15.6 Å². The summed E-state index contributed by atoms with van der Waals surface area (Å²) in [6.45, 7) is 3.38. The minimum Gasteiger partial charge on any atom is -0.350 e. The Morgan fingerprint density at radius 1 is 1.17 bits per heavy atom. The van der Waals surface area contributed by atoms with Crippen LogP contribution in [0.3, 0.4) is 0 Å². The van der Waals surface area contributed by atoms with Gasteiger partial charge in [0.25, 0.3) is 5.92 Å². The van der Waals surface area contributed by atoms with Crippen LogP contribution in [0.1, 0.15) is 38.7 Å². The van der Waals surface area contributed by atoms with Gasteiger partial charge in [-0.1, -0.05) is 38.1 Å². The molecule has 0 unspecified atom stereocenters. The smallest absolute Gasteiger partial charge is 0.251 e. The molecule has 2 atom stereocenters. The number of carbonyl (C=O) groups excluding carboxylic acids is 2. The molecule has 1 aromatic carbocycles. The molecular formula is C24H30F2N4O4S. The third kappa shape index (κ3) is 7.04. The molecule has 35 heavy (non-hydrogen) atoms. The summed E-state index contributed by atoms with van der Waals surface area (Å²) < 4.78 is 55.8. The van der Waals surface area contributed by atoms with Gasteiger partial charge in [0, 0.05) is 38.3 Å². The van der Waals surface area contributed by atoms with Gasteiger partial charge in [-0.25, -0.2) is 17.2 Å². The number of aromatic nitrogens is 1. The SMILES string of the molecule is CC(C)C[C@@H](NC(=O)[C@@H]1CC(F)(F)CCN1S(=O)(=O)c1ccccc1)C(=O)NCc1cccnc1. The molecular weight excluding hydrogens is 478 g/mol. The molecule has 0 bridgehead atoms. The Labute approximate surface area is 204 Å². The summed E-state index contributed by atoms with van der Waals surface area (Å²) in [5.41, 5.74) is 0.752. The predicted molar refractivity (Wildman–Crippen MR) is 126 cm³/mol. The topological polar surface area (TPSA) is 108 Å². The van der Waals surface area contributed by atoms with Crippen LogP contribution in [0, 0.1) is 5.92 Å². The van der Waals surface area contributed by atoms with E-state index in [9.17, 15) is 26.8 Å². The molecule has 2 amide bonds. The summed E-state index contributed by atoms with van der Waals surface area (Å²) >= 11 is 0. The number of carbonyl (C=O) groups is 2. The van der Waals surface area contributed by atoms with Crippen molar-refractivity contribution in [3.05, 3.63) is 60.4 Å². The van der Waals surface area contributed by atoms with Gasteiger partial charge < -0.3 is 10.6 Å². The summed E-state index contributed by atoms with van der Waals surface area (Å²) in [5.74, 6) is -4.62. The standard InChI is InChI=1S/C24H30F2N4O4S/c1-17(2)13-20(22(31)28-16-18-7-6-11-27-15-18)29-23(32)21-14-24(25,26)10-12-30(21)35(33,34)19-8-4-3-5-9-19/h3-9,11,15,17,20-21H,10,12-14,16H2,1-2H3,(H,28,31)(H,29,32)/t20-,21+/m1/s1. The van der Waals surface area contributed by atoms with Gasteiger partial charge in [-0.2, -0.15) is 4.31 Å². The van der Waals surface area contributed by atoms with E-state index in [4.69, 9.17) is 0 Å². The lowest BCUT2D eigenvalue weighted by atomic mass is 9.98. The van der Waals surface area contributed by atoms with Crippen molar-refractivity contribution in [1.82, 2.24) is 19.9 Å². The third-order valence-corrected chi connectivity index (χ3v) is 7.64. The van der Waals surface area contributed by atoms with Gasteiger partial charge >= 0.3 is 0 Å². The number of rotatable bonds is 9. The summed E-state index contributed by atoms with van der Waals surface area (Å²) in [6, 6.07) is 8.21. The molecule has 1 aromatic heterocycles. The molecule has 1 aliphatic heterocycles. The highest BCUT2D eigenvalue weighted by Gasteiger charge is 2.48. The molecule has 2 aromatic rings. The number of hydrogen-bond acceptors (Lipinski definition) is 5. The van der Waals surface area contributed by atoms with Crippen molar-refractivity contribution in [3.8, 4) is 0 Å². The Balaban J connectivity index is 1.80. The van der Waals surface area contributed by atoms with Crippen molar-refractivity contribution in [2.24, 2.45) is 5.92 Å². The molecule has 1 saturated heterocycles. The van der Waals surface area contributed by atoms with Crippen LogP contribution >= 0.6 is 0 Å². The van der Waals surface area contributed by atoms with Crippen LogP contribution in [0.15, 0.2) is 59.8 Å². The van der Waals surface area contributed by atoms with Gasteiger partial charge in [0.2, 0.25) is 21.8 Å². The molecule has 0 radical (unpaired) electrons. The fourth-order valence-corrected chi connectivity index (χ4v) is 5.55. The zero-order valence-corrected chi connectivity index (χ0v) is 20.5. The number of hydrogen-bond donors (Lipinski definition) is 2. The average molecular weight is 509 g/mol. The van der Waals surface area contributed by atoms with Crippen molar-refractivity contribution in [3.63, 3.8) is 0 Å². The fourth-order valence-electron chi connectivity index (χ4n) is 3.94. The van der Waals surface area contributed by atoms with Crippen LogP contribution < -0.4 is 10.6 Å². The molecule has 3 rings (SSSR count). The van der Waals surface area contributed by atoms with Gasteiger partial charge in [0.15, 0.2) is 0 Å². The number of nitrogens with one attached hydrogen (secondary N) is 2. The monoisotopic (exact) mass is 508 g/mol. The largest absolute Gasteiger partial charge is 0.350 e. The first-order valence-corrected chi connectivity index (χ1v) is 12.9. The van der Waals surface area contributed by atoms with Gasteiger partial charge in [0.05, 0.1) is 4.90 Å². The quantitative estimate of drug-likeness (QED) is 0.542. The summed E-state index contributed by atoms with van der Waals surface area (Å²) in [5, 5.41) is 5.26. The summed E-state index contributed by atoms with van der Waals surface area (Å²) in [6.07, 6.45) is 1.79. The zero-order valence-electron chi connectivity index (χ0n) is 19.7. The van der Waals surface area contributed by atoms with Crippen LogP contribution in [0.2, 0.25) is 0 Å². The van der Waals surface area contributed by atoms with E-state index >= 15 is 0 Å². The summed E-state index contributed by atoms with van der Waals surface area (Å²) in [4.78, 5) is 30.0. The number of sulfonamides is 1. The van der Waals surface area contributed by atoms with Gasteiger partial charge in [-0.3, -0.25) is 14.6 Å². The molecule has 1 aliphatic rings. The van der Waals surface area contributed by atoms with Crippen LogP contribution in [-0.4, -0.2) is 54.1 Å². The first-order valence-electron chi connectivity index (χ1n) is 11.4. The predicted octanol–water partition coefficient (Wildman–Crippen LogP) is 2.72. The van der Waals surface area contributed by atoms with Crippen LogP contribution in [0.4, 0.5) is 8.78 Å². The molecule has 0 spiro atoms. The maximum Gasteiger partial charge on any atom is 0.251 e. The molecule has 1 fully saturated rings. The van der Waals surface area contributed by atoms with Crippen LogP contribution in [-0.2, 0) is 26.2 Å². The van der Waals surface area contributed by atoms with Crippen LogP contribution in [0.5, 0.6) is 0 Å². The molecule has 0 saturated carbocycles. The van der Waals surface area contributed by atoms with E-state index in [0.29, 0.717) is 0 Å². The molecule has 190 valence electrons. The highest BCUT2D eigenvalue weighted by molar-refractivity contribution is 7.89. The lowest BCUT2D eigenvalue weighted by molar-refractivity contribution is -0.136. The maximum absolute atomic E-state index is 14.3. The third-order valence-electron chi connectivity index (χ3n) is 5.72. The second-order valence-corrected chi connectivity index (χ2v) is 10.9. The Morgan fingerprint density at radius 2 is 1.89 bits per heavy atom. The van der Waals surface area contributed by atoms with Crippen LogP contribution in [0.25, 0.3) is 0 Å². The highest BCUT2D eigenvalue weighted by atomic mass is 32.2. The van der Waals surface area contributed by atoms with Crippen molar-refractivity contribution in [2.75, 3.05) is 6.54 Å². The van der Waals surface area contributed by atoms with Gasteiger partial charge in [-0.15, -0.1) is 0 Å². The van der Waals surface area contributed by atoms with E-state index < -0.39 is 59.2 Å². The van der Waals surface area contributed by atoms with Crippen molar-refractivity contribution >= 4 is 21.8 Å². The normalized spacial score (nSPS) is 19.2. The number of pyridine rings is 1. The Kier molecular flexibility index (Phi) is 8.55. The molecule has 0 aliphatic carbocycles. The molecule has 8 nitrogen and oxygen atoms in total. The first kappa shape index (κ1) is 26.7. The average Bonchev–Trinajstić information content (AvgIpc) is 2.82. The summed E-state index contributed by atoms with van der Waals surface area (Å²) in [7, 11) is -4.20. The van der Waals surface area contributed by atoms with E-state index in [0.717, 1.165) is 9.87 Å². The minimum atomic E-state index is -4.20. The van der Waals surface area contributed by atoms with Crippen molar-refractivity contribution in [1.29, 1.82) is 0 Å². The number of benzene rings is 1.